The zero-order valence-corrected chi connectivity index (χ0v) is 14.7. The molecule has 2 heterocycles. The number of aryl methyl sites for hydroxylation is 1. The highest BCUT2D eigenvalue weighted by molar-refractivity contribution is 8.01. The minimum absolute atomic E-state index is 0.00423. The minimum atomic E-state index is -0.186. The predicted octanol–water partition coefficient (Wildman–Crippen LogP) is 3.26. The Balaban J connectivity index is 1.39. The number of fused-ring (bicyclic) bond motifs is 2. The van der Waals surface area contributed by atoms with Gasteiger partial charge in [-0.1, -0.05) is 36.4 Å². The van der Waals surface area contributed by atoms with Gasteiger partial charge in [0.05, 0.1) is 11.0 Å². The number of anilines is 2. The van der Waals surface area contributed by atoms with Gasteiger partial charge in [0, 0.05) is 17.9 Å². The maximum atomic E-state index is 12.6. The summed E-state index contributed by atoms with van der Waals surface area (Å²) in [6.07, 6.45) is 2.52. The van der Waals surface area contributed by atoms with Crippen LogP contribution in [0.3, 0.4) is 0 Å². The molecule has 5 heteroatoms. The molecule has 0 bridgehead atoms. The Kier molecular flexibility index (Phi) is 4.49. The number of nitrogens with one attached hydrogen (secondary N) is 1. The summed E-state index contributed by atoms with van der Waals surface area (Å²) in [5.41, 5.74) is 4.31. The second-order valence-electron chi connectivity index (χ2n) is 6.41. The van der Waals surface area contributed by atoms with E-state index in [1.54, 1.807) is 0 Å². The Labute approximate surface area is 151 Å². The molecule has 0 radical (unpaired) electrons. The van der Waals surface area contributed by atoms with Crippen LogP contribution in [0.4, 0.5) is 11.4 Å². The Morgan fingerprint density at radius 2 is 1.84 bits per heavy atom. The number of benzene rings is 2. The lowest BCUT2D eigenvalue weighted by Gasteiger charge is -2.19. The van der Waals surface area contributed by atoms with Gasteiger partial charge in [-0.2, -0.15) is 0 Å². The lowest BCUT2D eigenvalue weighted by molar-refractivity contribution is -0.116. The van der Waals surface area contributed by atoms with Crippen molar-refractivity contribution in [1.29, 1.82) is 0 Å². The smallest absolute Gasteiger partial charge is 0.237 e. The Hall–Kier alpha value is -2.27. The highest BCUT2D eigenvalue weighted by Gasteiger charge is 2.28. The standard InChI is InChI=1S/C20H20N2O2S/c23-19(22-12-11-15-6-2-4-8-17(15)22)13-25-18-10-9-14-5-1-3-7-16(14)21-20(18)24/h1-8,18H,9-13H2,(H,21,24)/t18-/m1/s1. The number of nitrogens with zero attached hydrogens (tertiary/aromatic N) is 1. The maximum absolute atomic E-state index is 12.6. The van der Waals surface area contributed by atoms with Crippen LogP contribution in [0.1, 0.15) is 17.5 Å². The van der Waals surface area contributed by atoms with Crippen molar-refractivity contribution < 1.29 is 9.59 Å². The molecule has 2 aliphatic heterocycles. The Morgan fingerprint density at radius 1 is 1.08 bits per heavy atom. The molecule has 1 atom stereocenters. The highest BCUT2D eigenvalue weighted by atomic mass is 32.2. The second-order valence-corrected chi connectivity index (χ2v) is 7.60. The van der Waals surface area contributed by atoms with Gasteiger partial charge in [0.2, 0.25) is 11.8 Å². The minimum Gasteiger partial charge on any atom is -0.325 e. The van der Waals surface area contributed by atoms with E-state index in [0.29, 0.717) is 5.75 Å². The van der Waals surface area contributed by atoms with E-state index in [2.05, 4.69) is 17.4 Å². The van der Waals surface area contributed by atoms with Gasteiger partial charge in [-0.05, 0) is 42.5 Å². The Morgan fingerprint density at radius 3 is 2.72 bits per heavy atom. The van der Waals surface area contributed by atoms with Gasteiger partial charge >= 0.3 is 0 Å². The molecule has 2 amide bonds. The molecule has 2 aromatic rings. The number of carbonyl (C=O) groups excluding carboxylic acids is 2. The fourth-order valence-electron chi connectivity index (χ4n) is 3.50. The van der Waals surface area contributed by atoms with Crippen LogP contribution in [0.2, 0.25) is 0 Å². The molecule has 0 saturated heterocycles. The zero-order chi connectivity index (χ0) is 17.2. The van der Waals surface area contributed by atoms with Gasteiger partial charge in [0.25, 0.3) is 0 Å². The predicted molar refractivity (Wildman–Crippen MR) is 102 cm³/mol. The van der Waals surface area contributed by atoms with E-state index in [9.17, 15) is 9.59 Å². The van der Waals surface area contributed by atoms with Gasteiger partial charge in [0.1, 0.15) is 0 Å². The number of thioether (sulfide) groups is 1. The quantitative estimate of drug-likeness (QED) is 0.922. The molecule has 0 aromatic heterocycles. The van der Waals surface area contributed by atoms with Crippen LogP contribution in [0.25, 0.3) is 0 Å². The molecule has 4 nitrogen and oxygen atoms in total. The average molecular weight is 352 g/mol. The first kappa shape index (κ1) is 16.2. The number of hydrogen-bond acceptors (Lipinski definition) is 3. The van der Waals surface area contributed by atoms with Gasteiger partial charge < -0.3 is 10.2 Å². The Bertz CT molecular complexity index is 821. The molecule has 4 rings (SSSR count). The molecule has 2 aliphatic rings. The normalized spacial score (nSPS) is 19.0. The summed E-state index contributed by atoms with van der Waals surface area (Å²) in [7, 11) is 0. The monoisotopic (exact) mass is 352 g/mol. The summed E-state index contributed by atoms with van der Waals surface area (Å²) in [6.45, 7) is 0.737. The second kappa shape index (κ2) is 6.92. The van der Waals surface area contributed by atoms with Crippen molar-refractivity contribution in [3.05, 3.63) is 59.7 Å². The fraction of sp³-hybridized carbons (Fsp3) is 0.300. The molecule has 0 spiro atoms. The largest absolute Gasteiger partial charge is 0.325 e. The summed E-state index contributed by atoms with van der Waals surface area (Å²) < 4.78 is 0. The topological polar surface area (TPSA) is 49.4 Å². The average Bonchev–Trinajstić information content (AvgIpc) is 2.99. The molecule has 0 aliphatic carbocycles. The summed E-state index contributed by atoms with van der Waals surface area (Å²) in [4.78, 5) is 26.9. The highest BCUT2D eigenvalue weighted by Crippen LogP contribution is 2.30. The molecule has 0 saturated carbocycles. The first-order valence-corrected chi connectivity index (χ1v) is 9.66. The molecule has 1 N–H and O–H groups in total. The van der Waals surface area contributed by atoms with Crippen molar-refractivity contribution in [3.63, 3.8) is 0 Å². The summed E-state index contributed by atoms with van der Waals surface area (Å²) >= 11 is 1.46. The summed E-state index contributed by atoms with van der Waals surface area (Å²) in [6, 6.07) is 16.0. The van der Waals surface area contributed by atoms with Crippen LogP contribution in [0.15, 0.2) is 48.5 Å². The van der Waals surface area contributed by atoms with Crippen LogP contribution in [0.5, 0.6) is 0 Å². The van der Waals surface area contributed by atoms with Crippen molar-refractivity contribution in [2.75, 3.05) is 22.5 Å². The van der Waals surface area contributed by atoms with Crippen LogP contribution >= 0.6 is 11.8 Å². The first-order valence-electron chi connectivity index (χ1n) is 8.61. The SMILES string of the molecule is O=C1Nc2ccccc2CC[C@H]1SCC(=O)N1CCc2ccccc21. The van der Waals surface area contributed by atoms with E-state index in [1.165, 1.54) is 22.9 Å². The van der Waals surface area contributed by atoms with E-state index >= 15 is 0 Å². The van der Waals surface area contributed by atoms with Crippen LogP contribution in [0, 0.1) is 0 Å². The van der Waals surface area contributed by atoms with E-state index in [-0.39, 0.29) is 17.1 Å². The van der Waals surface area contributed by atoms with Crippen LogP contribution in [-0.2, 0) is 22.4 Å². The fourth-order valence-corrected chi connectivity index (χ4v) is 4.49. The van der Waals surface area contributed by atoms with Gasteiger partial charge in [-0.3, -0.25) is 9.59 Å². The first-order chi connectivity index (χ1) is 12.2. The van der Waals surface area contributed by atoms with Gasteiger partial charge in [-0.25, -0.2) is 0 Å². The number of para-hydroxylation sites is 2. The van der Waals surface area contributed by atoms with E-state index < -0.39 is 0 Å². The number of rotatable bonds is 3. The lowest BCUT2D eigenvalue weighted by Crippen LogP contribution is -2.32. The number of amides is 2. The molecule has 25 heavy (non-hydrogen) atoms. The van der Waals surface area contributed by atoms with Gasteiger partial charge in [-0.15, -0.1) is 11.8 Å². The van der Waals surface area contributed by atoms with Crippen molar-refractivity contribution in [1.82, 2.24) is 0 Å². The van der Waals surface area contributed by atoms with E-state index in [0.717, 1.165) is 37.2 Å². The summed E-state index contributed by atoms with van der Waals surface area (Å²) in [5.74, 6) is 0.428. The van der Waals surface area contributed by atoms with Crippen molar-refractivity contribution in [2.45, 2.75) is 24.5 Å². The van der Waals surface area contributed by atoms with Crippen molar-refractivity contribution in [2.24, 2.45) is 0 Å². The van der Waals surface area contributed by atoms with Crippen molar-refractivity contribution in [3.8, 4) is 0 Å². The summed E-state index contributed by atoms with van der Waals surface area (Å²) in [5, 5.41) is 2.81. The molecular weight excluding hydrogens is 332 g/mol. The molecule has 0 fully saturated rings. The molecule has 0 unspecified atom stereocenters. The van der Waals surface area contributed by atoms with Gasteiger partial charge in [0.15, 0.2) is 0 Å². The lowest BCUT2D eigenvalue weighted by atomic mass is 10.1. The van der Waals surface area contributed by atoms with E-state index in [1.807, 2.05) is 41.3 Å². The molecule has 128 valence electrons. The third-order valence-electron chi connectivity index (χ3n) is 4.84. The maximum Gasteiger partial charge on any atom is 0.237 e. The van der Waals surface area contributed by atoms with Crippen molar-refractivity contribution >= 4 is 35.0 Å². The third kappa shape index (κ3) is 3.29. The molecule has 2 aromatic carbocycles. The van der Waals surface area contributed by atoms with Crippen LogP contribution < -0.4 is 10.2 Å². The number of carbonyl (C=O) groups is 2. The van der Waals surface area contributed by atoms with Crippen LogP contribution in [-0.4, -0.2) is 29.4 Å². The van der Waals surface area contributed by atoms with E-state index in [4.69, 9.17) is 0 Å². The zero-order valence-electron chi connectivity index (χ0n) is 13.9. The number of hydrogen-bond donors (Lipinski definition) is 1. The third-order valence-corrected chi connectivity index (χ3v) is 6.11. The molecular formula is C20H20N2O2S.